The number of aromatic nitrogens is 3. The van der Waals surface area contributed by atoms with Gasteiger partial charge in [-0.25, -0.2) is 22.7 Å². The highest BCUT2D eigenvalue weighted by Crippen LogP contribution is 2.13. The molecule has 0 bridgehead atoms. The van der Waals surface area contributed by atoms with E-state index in [4.69, 9.17) is 0 Å². The molecule has 2 rings (SSSR count). The predicted molar refractivity (Wildman–Crippen MR) is 94.7 cm³/mol. The summed E-state index contributed by atoms with van der Waals surface area (Å²) in [6, 6.07) is 9.10. The van der Waals surface area contributed by atoms with Crippen molar-refractivity contribution in [2.24, 2.45) is 0 Å². The van der Waals surface area contributed by atoms with E-state index in [1.54, 1.807) is 0 Å². The number of hydrogen-bond donors (Lipinski definition) is 2. The molecule has 8 nitrogen and oxygen atoms in total. The minimum Gasteiger partial charge on any atom is -0.284 e. The molecule has 1 aromatic heterocycles. The number of nitrogens with one attached hydrogen (secondary N) is 2. The number of aromatic amines is 1. The second-order valence-electron chi connectivity index (χ2n) is 5.80. The molecule has 2 aromatic rings. The Morgan fingerprint density at radius 1 is 1.16 bits per heavy atom. The molecule has 0 saturated carbocycles. The summed E-state index contributed by atoms with van der Waals surface area (Å²) in [5, 5.41) is 0. The number of nitrogens with zero attached hydrogens (tertiary/aromatic N) is 2. The van der Waals surface area contributed by atoms with E-state index in [1.807, 2.05) is 37.3 Å². The lowest BCUT2D eigenvalue weighted by molar-refractivity contribution is 0.546. The van der Waals surface area contributed by atoms with Gasteiger partial charge in [-0.05, 0) is 25.3 Å². The molecule has 0 aliphatic heterocycles. The molecule has 0 fully saturated rings. The van der Waals surface area contributed by atoms with Gasteiger partial charge in [-0.15, -0.1) is 0 Å². The number of aryl methyl sites for hydroxylation is 1. The Bertz CT molecular complexity index is 890. The van der Waals surface area contributed by atoms with Gasteiger partial charge >= 0.3 is 11.4 Å². The van der Waals surface area contributed by atoms with Crippen LogP contribution in [0.1, 0.15) is 37.8 Å². The summed E-state index contributed by atoms with van der Waals surface area (Å²) in [5.41, 5.74) is -0.270. The summed E-state index contributed by atoms with van der Waals surface area (Å²) in [4.78, 5) is 27.9. The standard InChI is InChI=1S/C16H22N4O4S/c1-13(14-8-4-2-5-9-14)19-25(23,24)11-7-3-6-10-20-12-17-15(21)18-16(20)22/h2,4-5,8-9,12-13,19H,3,6-7,10-11H2,1H3,(H,18,21,22)/t13-/m1/s1. The number of unbranched alkanes of at least 4 members (excludes halogenated alkanes) is 2. The van der Waals surface area contributed by atoms with E-state index in [-0.39, 0.29) is 11.8 Å². The lowest BCUT2D eigenvalue weighted by Crippen LogP contribution is -2.31. The average Bonchev–Trinajstić information content (AvgIpc) is 2.56. The Kier molecular flexibility index (Phi) is 6.65. The van der Waals surface area contributed by atoms with Gasteiger partial charge in [0.25, 0.3) is 0 Å². The van der Waals surface area contributed by atoms with E-state index in [0.29, 0.717) is 25.8 Å². The summed E-state index contributed by atoms with van der Waals surface area (Å²) >= 11 is 0. The first-order valence-electron chi connectivity index (χ1n) is 8.08. The van der Waals surface area contributed by atoms with Gasteiger partial charge in [0.05, 0.1) is 5.75 Å². The van der Waals surface area contributed by atoms with E-state index >= 15 is 0 Å². The van der Waals surface area contributed by atoms with Gasteiger partial charge in [0.15, 0.2) is 0 Å². The van der Waals surface area contributed by atoms with Gasteiger partial charge in [0.1, 0.15) is 6.33 Å². The van der Waals surface area contributed by atoms with Crippen molar-refractivity contribution in [3.05, 3.63) is 63.2 Å². The van der Waals surface area contributed by atoms with E-state index in [2.05, 4.69) is 14.7 Å². The van der Waals surface area contributed by atoms with Crippen LogP contribution in [0, 0.1) is 0 Å². The zero-order valence-corrected chi connectivity index (χ0v) is 14.8. The van der Waals surface area contributed by atoms with Gasteiger partial charge < -0.3 is 0 Å². The summed E-state index contributed by atoms with van der Waals surface area (Å²) in [6.07, 6.45) is 2.95. The number of H-pyrrole nitrogens is 1. The molecule has 0 radical (unpaired) electrons. The Hall–Kier alpha value is -2.26. The van der Waals surface area contributed by atoms with Crippen molar-refractivity contribution < 1.29 is 8.42 Å². The third-order valence-corrected chi connectivity index (χ3v) is 5.30. The average molecular weight is 366 g/mol. The maximum atomic E-state index is 12.1. The van der Waals surface area contributed by atoms with Crippen molar-refractivity contribution in [1.82, 2.24) is 19.3 Å². The summed E-state index contributed by atoms with van der Waals surface area (Å²) < 4.78 is 28.2. The van der Waals surface area contributed by atoms with E-state index in [0.717, 1.165) is 5.56 Å². The van der Waals surface area contributed by atoms with Crippen molar-refractivity contribution in [2.45, 2.75) is 38.8 Å². The normalized spacial score (nSPS) is 12.8. The Morgan fingerprint density at radius 2 is 1.88 bits per heavy atom. The van der Waals surface area contributed by atoms with Crippen LogP contribution in [0.3, 0.4) is 0 Å². The molecule has 1 heterocycles. The van der Waals surface area contributed by atoms with Gasteiger partial charge in [0, 0.05) is 12.6 Å². The highest BCUT2D eigenvalue weighted by atomic mass is 32.2. The topological polar surface area (TPSA) is 114 Å². The molecule has 0 amide bonds. The molecule has 1 atom stereocenters. The quantitative estimate of drug-likeness (QED) is 0.637. The van der Waals surface area contributed by atoms with Gasteiger partial charge in [-0.3, -0.25) is 9.55 Å². The highest BCUT2D eigenvalue weighted by Gasteiger charge is 2.15. The van der Waals surface area contributed by atoms with Gasteiger partial charge in [0.2, 0.25) is 10.0 Å². The molecular weight excluding hydrogens is 344 g/mol. The first kappa shape index (κ1) is 19.1. The largest absolute Gasteiger partial charge is 0.350 e. The maximum absolute atomic E-state index is 12.1. The third kappa shape index (κ3) is 6.28. The van der Waals surface area contributed by atoms with Crippen molar-refractivity contribution in [2.75, 3.05) is 5.75 Å². The minimum absolute atomic E-state index is 0.0307. The molecule has 2 N–H and O–H groups in total. The predicted octanol–water partition coefficient (Wildman–Crippen LogP) is 0.782. The zero-order chi connectivity index (χ0) is 18.3. The molecular formula is C16H22N4O4S. The molecule has 0 aliphatic rings. The molecule has 25 heavy (non-hydrogen) atoms. The molecule has 0 spiro atoms. The van der Waals surface area contributed by atoms with Crippen LogP contribution < -0.4 is 16.1 Å². The SMILES string of the molecule is C[C@@H](NS(=O)(=O)CCCCCn1cnc(=O)[nH]c1=O)c1ccccc1. The molecule has 1 aromatic carbocycles. The molecule has 0 unspecified atom stereocenters. The first-order chi connectivity index (χ1) is 11.9. The third-order valence-electron chi connectivity index (χ3n) is 3.76. The Morgan fingerprint density at radius 3 is 2.56 bits per heavy atom. The van der Waals surface area contributed by atoms with Crippen LogP contribution in [0.2, 0.25) is 0 Å². The number of sulfonamides is 1. The molecule has 0 aliphatic carbocycles. The van der Waals surface area contributed by atoms with Crippen LogP contribution in [0.5, 0.6) is 0 Å². The smallest absolute Gasteiger partial charge is 0.284 e. The molecule has 0 saturated heterocycles. The van der Waals surface area contributed by atoms with Gasteiger partial charge in [-0.2, -0.15) is 4.98 Å². The van der Waals surface area contributed by atoms with E-state index < -0.39 is 21.4 Å². The number of hydrogen-bond acceptors (Lipinski definition) is 5. The molecule has 136 valence electrons. The summed E-state index contributed by atoms with van der Waals surface area (Å²) in [5.74, 6) is 0.0307. The fourth-order valence-corrected chi connectivity index (χ4v) is 3.80. The van der Waals surface area contributed by atoms with Crippen LogP contribution in [-0.2, 0) is 16.6 Å². The second kappa shape index (κ2) is 8.72. The Balaban J connectivity index is 1.75. The van der Waals surface area contributed by atoms with E-state index in [1.165, 1.54) is 10.9 Å². The Labute approximate surface area is 146 Å². The van der Waals surface area contributed by atoms with Crippen LogP contribution in [0.4, 0.5) is 0 Å². The number of rotatable bonds is 9. The van der Waals surface area contributed by atoms with Crippen LogP contribution in [-0.4, -0.2) is 28.7 Å². The zero-order valence-electron chi connectivity index (χ0n) is 14.0. The summed E-state index contributed by atoms with van der Waals surface area (Å²) in [6.45, 7) is 2.19. The maximum Gasteiger partial charge on any atom is 0.350 e. The van der Waals surface area contributed by atoms with E-state index in [9.17, 15) is 18.0 Å². The van der Waals surface area contributed by atoms with Crippen LogP contribution >= 0.6 is 0 Å². The van der Waals surface area contributed by atoms with Crippen molar-refractivity contribution >= 4 is 10.0 Å². The first-order valence-corrected chi connectivity index (χ1v) is 9.73. The summed E-state index contributed by atoms with van der Waals surface area (Å²) in [7, 11) is -3.37. The highest BCUT2D eigenvalue weighted by molar-refractivity contribution is 7.89. The van der Waals surface area contributed by atoms with Crippen molar-refractivity contribution in [3.63, 3.8) is 0 Å². The second-order valence-corrected chi connectivity index (χ2v) is 7.68. The van der Waals surface area contributed by atoms with Crippen LogP contribution in [0.25, 0.3) is 0 Å². The minimum atomic E-state index is -3.37. The lowest BCUT2D eigenvalue weighted by Gasteiger charge is -2.14. The van der Waals surface area contributed by atoms with Gasteiger partial charge in [-0.1, -0.05) is 36.8 Å². The van der Waals surface area contributed by atoms with Crippen LogP contribution in [0.15, 0.2) is 46.2 Å². The monoisotopic (exact) mass is 366 g/mol. The van der Waals surface area contributed by atoms with Crippen molar-refractivity contribution in [1.29, 1.82) is 0 Å². The molecule has 9 heteroatoms. The van der Waals surface area contributed by atoms with Crippen molar-refractivity contribution in [3.8, 4) is 0 Å². The lowest BCUT2D eigenvalue weighted by atomic mass is 10.1. The fourth-order valence-electron chi connectivity index (χ4n) is 2.42. The fraction of sp³-hybridized carbons (Fsp3) is 0.438. The number of benzene rings is 1.